The van der Waals surface area contributed by atoms with Crippen LogP contribution in [0, 0.1) is 0 Å². The molecule has 1 aliphatic heterocycles. The molecule has 1 N–H and O–H groups in total. The van der Waals surface area contributed by atoms with Gasteiger partial charge < -0.3 is 5.32 Å². The molecule has 1 saturated heterocycles. The van der Waals surface area contributed by atoms with Gasteiger partial charge in [-0.15, -0.1) is 0 Å². The first kappa shape index (κ1) is 13.5. The molecule has 4 heteroatoms. The Morgan fingerprint density at radius 3 is 2.88 bits per heavy atom. The van der Waals surface area contributed by atoms with E-state index in [1.165, 1.54) is 24.9 Å². The van der Waals surface area contributed by atoms with Crippen molar-refractivity contribution >= 4 is 31.9 Å². The molecule has 0 aromatic heterocycles. The fraction of sp³-hybridized carbons (Fsp3) is 0.538. The molecule has 0 radical (unpaired) electrons. The van der Waals surface area contributed by atoms with Crippen molar-refractivity contribution in [1.29, 1.82) is 0 Å². The summed E-state index contributed by atoms with van der Waals surface area (Å²) in [5, 5.41) is 3.38. The standard InChI is InChI=1S/C13H18Br2N2/c1-16-11-3-2-6-17(9-11)8-10-4-5-12(14)13(15)7-10/h4-5,7,11,16H,2-3,6,8-9H2,1H3. The molecule has 0 saturated carbocycles. The van der Waals surface area contributed by atoms with Crippen molar-refractivity contribution in [1.82, 2.24) is 10.2 Å². The quantitative estimate of drug-likeness (QED) is 0.887. The number of nitrogens with zero attached hydrogens (tertiary/aromatic N) is 1. The van der Waals surface area contributed by atoms with Gasteiger partial charge in [0.25, 0.3) is 0 Å². The summed E-state index contributed by atoms with van der Waals surface area (Å²) in [5.74, 6) is 0. The van der Waals surface area contributed by atoms with Crippen LogP contribution >= 0.6 is 31.9 Å². The highest BCUT2D eigenvalue weighted by Crippen LogP contribution is 2.24. The molecule has 1 atom stereocenters. The van der Waals surface area contributed by atoms with Crippen LogP contribution < -0.4 is 5.32 Å². The molecule has 2 nitrogen and oxygen atoms in total. The fourth-order valence-electron chi connectivity index (χ4n) is 2.33. The normalized spacial score (nSPS) is 21.7. The number of nitrogens with one attached hydrogen (secondary N) is 1. The van der Waals surface area contributed by atoms with Gasteiger partial charge in [-0.25, -0.2) is 0 Å². The van der Waals surface area contributed by atoms with Crippen molar-refractivity contribution in [2.75, 3.05) is 20.1 Å². The third kappa shape index (κ3) is 3.78. The highest BCUT2D eigenvalue weighted by Gasteiger charge is 2.18. The van der Waals surface area contributed by atoms with E-state index in [1.54, 1.807) is 0 Å². The molecule has 0 bridgehead atoms. The zero-order valence-electron chi connectivity index (χ0n) is 10.0. The number of piperidine rings is 1. The Labute approximate surface area is 120 Å². The smallest absolute Gasteiger partial charge is 0.0320 e. The second-order valence-corrected chi connectivity index (χ2v) is 6.32. The van der Waals surface area contributed by atoms with E-state index in [4.69, 9.17) is 0 Å². The van der Waals surface area contributed by atoms with Crippen LogP contribution in [0.25, 0.3) is 0 Å². The molecule has 0 spiro atoms. The lowest BCUT2D eigenvalue weighted by Gasteiger charge is -2.32. The lowest BCUT2D eigenvalue weighted by atomic mass is 10.1. The van der Waals surface area contributed by atoms with Gasteiger partial charge in [0.1, 0.15) is 0 Å². The maximum absolute atomic E-state index is 3.56. The number of hydrogen-bond donors (Lipinski definition) is 1. The number of rotatable bonds is 3. The summed E-state index contributed by atoms with van der Waals surface area (Å²) in [5.41, 5.74) is 1.37. The highest BCUT2D eigenvalue weighted by molar-refractivity contribution is 9.13. The van der Waals surface area contributed by atoms with Crippen molar-refractivity contribution in [2.45, 2.75) is 25.4 Å². The van der Waals surface area contributed by atoms with E-state index in [0.717, 1.165) is 22.0 Å². The minimum absolute atomic E-state index is 0.655. The molecule has 1 fully saturated rings. The SMILES string of the molecule is CNC1CCCN(Cc2ccc(Br)c(Br)c2)C1. The molecule has 94 valence electrons. The molecule has 1 aromatic carbocycles. The van der Waals surface area contributed by atoms with Gasteiger partial charge in [-0.1, -0.05) is 6.07 Å². The molecule has 2 rings (SSSR count). The van der Waals surface area contributed by atoms with Crippen LogP contribution in [0.3, 0.4) is 0 Å². The van der Waals surface area contributed by atoms with E-state index < -0.39 is 0 Å². The predicted molar refractivity (Wildman–Crippen MR) is 79.2 cm³/mol. The Balaban J connectivity index is 1.97. The Kier molecular flexibility index (Phi) is 5.03. The molecule has 0 aliphatic carbocycles. The van der Waals surface area contributed by atoms with Crippen molar-refractivity contribution in [3.63, 3.8) is 0 Å². The van der Waals surface area contributed by atoms with E-state index in [-0.39, 0.29) is 0 Å². The minimum Gasteiger partial charge on any atom is -0.316 e. The van der Waals surface area contributed by atoms with Crippen molar-refractivity contribution < 1.29 is 0 Å². The first-order valence-corrected chi connectivity index (χ1v) is 7.61. The van der Waals surface area contributed by atoms with E-state index in [0.29, 0.717) is 6.04 Å². The van der Waals surface area contributed by atoms with Gasteiger partial charge in [-0.05, 0) is 76.0 Å². The van der Waals surface area contributed by atoms with E-state index in [1.807, 2.05) is 0 Å². The number of hydrogen-bond acceptors (Lipinski definition) is 2. The van der Waals surface area contributed by atoms with Crippen LogP contribution in [0.15, 0.2) is 27.1 Å². The van der Waals surface area contributed by atoms with Gasteiger partial charge in [0, 0.05) is 28.1 Å². The minimum atomic E-state index is 0.655. The van der Waals surface area contributed by atoms with Gasteiger partial charge in [0.15, 0.2) is 0 Å². The summed E-state index contributed by atoms with van der Waals surface area (Å²) in [6.45, 7) is 3.42. The third-order valence-corrected chi connectivity index (χ3v) is 5.18. The molecule has 17 heavy (non-hydrogen) atoms. The van der Waals surface area contributed by atoms with E-state index in [9.17, 15) is 0 Å². The largest absolute Gasteiger partial charge is 0.316 e. The highest BCUT2D eigenvalue weighted by atomic mass is 79.9. The van der Waals surface area contributed by atoms with Gasteiger partial charge in [-0.2, -0.15) is 0 Å². The van der Waals surface area contributed by atoms with E-state index in [2.05, 4.69) is 67.3 Å². The number of likely N-dealkylation sites (N-methyl/N-ethyl adjacent to an activating group) is 1. The summed E-state index contributed by atoms with van der Waals surface area (Å²) >= 11 is 7.06. The summed E-state index contributed by atoms with van der Waals surface area (Å²) < 4.78 is 2.25. The Hall–Kier alpha value is 0.1000. The second kappa shape index (κ2) is 6.32. The summed E-state index contributed by atoms with van der Waals surface area (Å²) in [6.07, 6.45) is 2.60. The zero-order valence-corrected chi connectivity index (χ0v) is 13.2. The Morgan fingerprint density at radius 1 is 1.35 bits per heavy atom. The van der Waals surface area contributed by atoms with Crippen molar-refractivity contribution in [3.8, 4) is 0 Å². The summed E-state index contributed by atoms with van der Waals surface area (Å²) in [6, 6.07) is 7.16. The number of benzene rings is 1. The first-order chi connectivity index (χ1) is 8.19. The van der Waals surface area contributed by atoms with Crippen molar-refractivity contribution in [3.05, 3.63) is 32.7 Å². The molecule has 0 amide bonds. The average molecular weight is 362 g/mol. The number of likely N-dealkylation sites (tertiary alicyclic amines) is 1. The van der Waals surface area contributed by atoms with Crippen LogP contribution in [0.1, 0.15) is 18.4 Å². The first-order valence-electron chi connectivity index (χ1n) is 6.02. The van der Waals surface area contributed by atoms with Crippen LogP contribution in [0.2, 0.25) is 0 Å². The van der Waals surface area contributed by atoms with Crippen molar-refractivity contribution in [2.24, 2.45) is 0 Å². The van der Waals surface area contributed by atoms with E-state index >= 15 is 0 Å². The topological polar surface area (TPSA) is 15.3 Å². The van der Waals surface area contributed by atoms with Gasteiger partial charge in [0.2, 0.25) is 0 Å². The molecule has 1 aliphatic rings. The Bertz CT molecular complexity index is 382. The summed E-state index contributed by atoms with van der Waals surface area (Å²) in [7, 11) is 2.06. The fourth-order valence-corrected chi connectivity index (χ4v) is 3.00. The molecule has 1 unspecified atom stereocenters. The molecule has 1 aromatic rings. The molecular formula is C13H18Br2N2. The van der Waals surface area contributed by atoms with Crippen LogP contribution in [0.5, 0.6) is 0 Å². The maximum atomic E-state index is 3.56. The van der Waals surface area contributed by atoms with Gasteiger partial charge in [0.05, 0.1) is 0 Å². The summed E-state index contributed by atoms with van der Waals surface area (Å²) in [4.78, 5) is 2.53. The number of halogens is 2. The second-order valence-electron chi connectivity index (χ2n) is 4.61. The Morgan fingerprint density at radius 2 is 2.18 bits per heavy atom. The van der Waals surface area contributed by atoms with Gasteiger partial charge >= 0.3 is 0 Å². The third-order valence-electron chi connectivity index (χ3n) is 3.30. The predicted octanol–water partition coefficient (Wildman–Crippen LogP) is 3.40. The lowest BCUT2D eigenvalue weighted by molar-refractivity contribution is 0.188. The molecular weight excluding hydrogens is 344 g/mol. The monoisotopic (exact) mass is 360 g/mol. The zero-order chi connectivity index (χ0) is 12.3. The average Bonchev–Trinajstić information content (AvgIpc) is 2.34. The maximum Gasteiger partial charge on any atom is 0.0320 e. The van der Waals surface area contributed by atoms with Crippen LogP contribution in [0.4, 0.5) is 0 Å². The van der Waals surface area contributed by atoms with Crippen LogP contribution in [-0.2, 0) is 6.54 Å². The van der Waals surface area contributed by atoms with Crippen LogP contribution in [-0.4, -0.2) is 31.1 Å². The van der Waals surface area contributed by atoms with Gasteiger partial charge in [-0.3, -0.25) is 4.90 Å². The molecule has 1 heterocycles. The lowest BCUT2D eigenvalue weighted by Crippen LogP contribution is -2.43.